The molecule has 2 rings (SSSR count). The molecule has 0 amide bonds. The Hall–Kier alpha value is -1.32. The van der Waals surface area contributed by atoms with Crippen molar-refractivity contribution in [2.75, 3.05) is 19.8 Å². The van der Waals surface area contributed by atoms with Crippen molar-refractivity contribution in [1.29, 1.82) is 0 Å². The normalized spacial score (nSPS) is 24.5. The van der Waals surface area contributed by atoms with Crippen molar-refractivity contribution in [1.82, 2.24) is 0 Å². The van der Waals surface area contributed by atoms with Crippen LogP contribution in [0.5, 0.6) is 0 Å². The molecule has 2 aliphatic heterocycles. The number of carbonyl (C=O) groups excluding carboxylic acids is 2. The van der Waals surface area contributed by atoms with E-state index in [1.165, 1.54) is 77.0 Å². The highest BCUT2D eigenvalue weighted by atomic mass is 16.8. The fourth-order valence-corrected chi connectivity index (χ4v) is 5.94. The van der Waals surface area contributed by atoms with Crippen LogP contribution in [0.4, 0.5) is 0 Å². The third-order valence-corrected chi connectivity index (χ3v) is 8.46. The lowest BCUT2D eigenvalue weighted by atomic mass is 9.96. The quantitative estimate of drug-likeness (QED) is 0.0410. The number of ether oxygens (including phenoxy) is 6. The van der Waals surface area contributed by atoms with Crippen LogP contribution in [0.3, 0.4) is 0 Å². The van der Waals surface area contributed by atoms with Crippen LogP contribution in [0.15, 0.2) is 12.7 Å². The van der Waals surface area contributed by atoms with Crippen LogP contribution >= 0.6 is 0 Å². The molecule has 0 aromatic rings. The standard InChI is InChI=1S/C36H64O8/c1-6-9-11-13-15-17-18-20-22-24-29(37)27-31(38)43-34-33(39-26-23-21-19-16-14-12-10-7-2)32-30(28-41-36(4,5)44-32)42-35(34)40-25-8-3/h8,30,32-35H,3,6-7,9-28H2,1-2,4-5H3/t30-,32-,33+,34-,35?/m1/s1. The molecular formula is C36H64O8. The Morgan fingerprint density at radius 2 is 1.36 bits per heavy atom. The SMILES string of the molecule is C=CCOC1O[C@@H]2COC(C)(C)O[C@H]2[C@H](OCCCCCCCCCC)[C@H]1OC(=O)CC(=O)CCCCCCCCCCC. The van der Waals surface area contributed by atoms with Crippen molar-refractivity contribution in [2.45, 2.75) is 186 Å². The van der Waals surface area contributed by atoms with E-state index in [1.54, 1.807) is 6.08 Å². The van der Waals surface area contributed by atoms with Gasteiger partial charge in [-0.25, -0.2) is 0 Å². The van der Waals surface area contributed by atoms with Gasteiger partial charge in [0, 0.05) is 13.0 Å². The lowest BCUT2D eigenvalue weighted by Gasteiger charge is -2.50. The second kappa shape index (κ2) is 23.1. The molecule has 5 atom stereocenters. The van der Waals surface area contributed by atoms with Crippen molar-refractivity contribution in [3.05, 3.63) is 12.7 Å². The number of Topliss-reactive ketones (excluding diaryl/α,β-unsaturated/α-hetero) is 1. The lowest BCUT2D eigenvalue weighted by molar-refractivity contribution is -0.385. The first kappa shape index (κ1) is 38.9. The van der Waals surface area contributed by atoms with Gasteiger partial charge < -0.3 is 28.4 Å². The maximum Gasteiger partial charge on any atom is 0.313 e. The van der Waals surface area contributed by atoms with Gasteiger partial charge in [-0.05, 0) is 26.7 Å². The molecule has 1 unspecified atom stereocenters. The van der Waals surface area contributed by atoms with Crippen molar-refractivity contribution >= 4 is 11.8 Å². The minimum atomic E-state index is -0.886. The van der Waals surface area contributed by atoms with E-state index in [1.807, 2.05) is 13.8 Å². The number of ketones is 1. The Kier molecular flexibility index (Phi) is 20.4. The Morgan fingerprint density at radius 1 is 0.795 bits per heavy atom. The maximum atomic E-state index is 13.1. The average molecular weight is 625 g/mol. The van der Waals surface area contributed by atoms with Gasteiger partial charge in [0.15, 0.2) is 18.2 Å². The zero-order valence-corrected chi connectivity index (χ0v) is 28.5. The fourth-order valence-electron chi connectivity index (χ4n) is 5.94. The first-order chi connectivity index (χ1) is 21.3. The van der Waals surface area contributed by atoms with Gasteiger partial charge in [-0.2, -0.15) is 0 Å². The van der Waals surface area contributed by atoms with Gasteiger partial charge in [0.05, 0.1) is 13.2 Å². The van der Waals surface area contributed by atoms with Crippen molar-refractivity contribution in [3.8, 4) is 0 Å². The molecule has 0 spiro atoms. The summed E-state index contributed by atoms with van der Waals surface area (Å²) in [7, 11) is 0. The number of carbonyl (C=O) groups is 2. The number of fused-ring (bicyclic) bond motifs is 1. The van der Waals surface area contributed by atoms with Crippen LogP contribution in [0.2, 0.25) is 0 Å². The summed E-state index contributed by atoms with van der Waals surface area (Å²) in [6, 6.07) is 0. The Labute approximate surface area is 268 Å². The first-order valence-electron chi connectivity index (χ1n) is 17.8. The third kappa shape index (κ3) is 15.8. The fraction of sp³-hybridized carbons (Fsp3) is 0.889. The second-order valence-corrected chi connectivity index (χ2v) is 13.0. The highest BCUT2D eigenvalue weighted by Gasteiger charge is 2.54. The molecule has 0 N–H and O–H groups in total. The number of hydrogen-bond donors (Lipinski definition) is 0. The molecule has 0 aliphatic carbocycles. The summed E-state index contributed by atoms with van der Waals surface area (Å²) in [6.45, 7) is 12.9. The van der Waals surface area contributed by atoms with E-state index in [-0.39, 0.29) is 18.8 Å². The second-order valence-electron chi connectivity index (χ2n) is 13.0. The number of hydrogen-bond acceptors (Lipinski definition) is 8. The molecule has 0 radical (unpaired) electrons. The highest BCUT2D eigenvalue weighted by molar-refractivity contribution is 5.95. The van der Waals surface area contributed by atoms with Crippen LogP contribution in [-0.2, 0) is 38.0 Å². The van der Waals surface area contributed by atoms with Crippen LogP contribution in [0.1, 0.15) is 150 Å². The number of unbranched alkanes of at least 4 members (excludes halogenated alkanes) is 15. The van der Waals surface area contributed by atoms with Gasteiger partial charge >= 0.3 is 5.97 Å². The summed E-state index contributed by atoms with van der Waals surface area (Å²) in [4.78, 5) is 25.7. The number of esters is 1. The van der Waals surface area contributed by atoms with Crippen LogP contribution in [0.25, 0.3) is 0 Å². The third-order valence-electron chi connectivity index (χ3n) is 8.46. The monoisotopic (exact) mass is 624 g/mol. The van der Waals surface area contributed by atoms with Gasteiger partial charge in [0.25, 0.3) is 0 Å². The summed E-state index contributed by atoms with van der Waals surface area (Å²) in [5.74, 6) is -1.52. The molecule has 2 saturated heterocycles. The summed E-state index contributed by atoms with van der Waals surface area (Å²) >= 11 is 0. The van der Waals surface area contributed by atoms with Crippen molar-refractivity contribution in [2.24, 2.45) is 0 Å². The minimum Gasteiger partial charge on any atom is -0.454 e. The van der Waals surface area contributed by atoms with Gasteiger partial charge in [-0.3, -0.25) is 9.59 Å². The molecule has 2 heterocycles. The molecule has 0 saturated carbocycles. The minimum absolute atomic E-state index is 0.101. The van der Waals surface area contributed by atoms with Crippen LogP contribution < -0.4 is 0 Å². The van der Waals surface area contributed by atoms with Gasteiger partial charge in [0.2, 0.25) is 0 Å². The molecule has 8 heteroatoms. The highest BCUT2D eigenvalue weighted by Crippen LogP contribution is 2.36. The van der Waals surface area contributed by atoms with E-state index >= 15 is 0 Å². The Bertz CT molecular complexity index is 784. The average Bonchev–Trinajstić information content (AvgIpc) is 2.99. The smallest absolute Gasteiger partial charge is 0.313 e. The van der Waals surface area contributed by atoms with Crippen molar-refractivity contribution in [3.63, 3.8) is 0 Å². The topological polar surface area (TPSA) is 89.5 Å². The molecule has 8 nitrogen and oxygen atoms in total. The predicted octanol–water partition coefficient (Wildman–Crippen LogP) is 8.38. The van der Waals surface area contributed by atoms with Crippen LogP contribution in [-0.4, -0.2) is 68.1 Å². The Morgan fingerprint density at radius 3 is 1.95 bits per heavy atom. The molecule has 0 aromatic carbocycles. The zero-order valence-electron chi connectivity index (χ0n) is 28.5. The van der Waals surface area contributed by atoms with Gasteiger partial charge in [0.1, 0.15) is 30.5 Å². The van der Waals surface area contributed by atoms with E-state index < -0.39 is 42.5 Å². The van der Waals surface area contributed by atoms with E-state index in [2.05, 4.69) is 20.4 Å². The molecule has 2 fully saturated rings. The molecule has 256 valence electrons. The van der Waals surface area contributed by atoms with Gasteiger partial charge in [-0.15, -0.1) is 6.58 Å². The zero-order chi connectivity index (χ0) is 32.0. The van der Waals surface area contributed by atoms with E-state index in [4.69, 9.17) is 28.4 Å². The maximum absolute atomic E-state index is 13.1. The first-order valence-corrected chi connectivity index (χ1v) is 17.8. The van der Waals surface area contributed by atoms with Crippen molar-refractivity contribution < 1.29 is 38.0 Å². The molecule has 0 aromatic heterocycles. The summed E-state index contributed by atoms with van der Waals surface area (Å²) in [6.07, 6.45) is 18.5. The van der Waals surface area contributed by atoms with Crippen LogP contribution in [0, 0.1) is 0 Å². The molecule has 44 heavy (non-hydrogen) atoms. The van der Waals surface area contributed by atoms with E-state index in [0.717, 1.165) is 32.1 Å². The lowest BCUT2D eigenvalue weighted by Crippen LogP contribution is -2.66. The largest absolute Gasteiger partial charge is 0.454 e. The molecule has 2 aliphatic rings. The Balaban J connectivity index is 1.92. The summed E-state index contributed by atoms with van der Waals surface area (Å²) in [5, 5.41) is 0. The number of rotatable bonds is 26. The van der Waals surface area contributed by atoms with E-state index in [9.17, 15) is 9.59 Å². The molecule has 0 bridgehead atoms. The summed E-state index contributed by atoms with van der Waals surface area (Å²) < 4.78 is 36.6. The summed E-state index contributed by atoms with van der Waals surface area (Å²) in [5.41, 5.74) is 0. The van der Waals surface area contributed by atoms with Gasteiger partial charge in [-0.1, -0.05) is 116 Å². The predicted molar refractivity (Wildman–Crippen MR) is 173 cm³/mol. The van der Waals surface area contributed by atoms with E-state index in [0.29, 0.717) is 19.6 Å². The molecular weight excluding hydrogens is 560 g/mol.